The minimum absolute atomic E-state index is 0.188. The van der Waals surface area contributed by atoms with Gasteiger partial charge in [-0.25, -0.2) is 0 Å². The van der Waals surface area contributed by atoms with Gasteiger partial charge < -0.3 is 10.4 Å². The van der Waals surface area contributed by atoms with Crippen LogP contribution in [0, 0.1) is 5.92 Å². The smallest absolute Gasteiger partial charge is 0.306 e. The predicted molar refractivity (Wildman–Crippen MR) is 72.3 cm³/mol. The van der Waals surface area contributed by atoms with Crippen LogP contribution in [0.5, 0.6) is 0 Å². The first kappa shape index (κ1) is 14.2. The van der Waals surface area contributed by atoms with Gasteiger partial charge >= 0.3 is 5.97 Å². The fourth-order valence-electron chi connectivity index (χ4n) is 1.95. The molecule has 0 aromatic carbocycles. The van der Waals surface area contributed by atoms with Crippen LogP contribution < -0.4 is 5.32 Å². The molecule has 2 heterocycles. The molecule has 0 saturated heterocycles. The molecule has 2 unspecified atom stereocenters. The van der Waals surface area contributed by atoms with Gasteiger partial charge in [0, 0.05) is 6.04 Å². The van der Waals surface area contributed by atoms with Gasteiger partial charge in [0.05, 0.1) is 18.3 Å². The number of nitrogens with one attached hydrogen (secondary N) is 1. The van der Waals surface area contributed by atoms with E-state index in [2.05, 4.69) is 25.8 Å². The molecule has 108 valence electrons. The third-order valence-corrected chi connectivity index (χ3v) is 3.20. The molecule has 0 bridgehead atoms. The number of carboxylic acid groups (broad SMARTS) is 1. The topological polar surface area (TPSA) is 105 Å². The van der Waals surface area contributed by atoms with E-state index in [4.69, 9.17) is 5.11 Å². The summed E-state index contributed by atoms with van der Waals surface area (Å²) in [6.07, 6.45) is 5.65. The SMILES string of the molecule is CC(CCCC(C)C(=O)O)Nc1cncc2nnnn12. The molecule has 0 spiro atoms. The standard InChI is InChI=1S/C12H18N6O2/c1-8(12(19)20)4-3-5-9(2)14-10-6-13-7-11-15-16-17-18(10)11/h6-9,14H,3-5H2,1-2H3,(H,19,20). The van der Waals surface area contributed by atoms with Crippen LogP contribution in [0.3, 0.4) is 0 Å². The molecule has 0 amide bonds. The molecule has 8 heteroatoms. The number of carbonyl (C=O) groups is 1. The maximum atomic E-state index is 10.7. The van der Waals surface area contributed by atoms with E-state index in [1.807, 2.05) is 6.92 Å². The highest BCUT2D eigenvalue weighted by molar-refractivity contribution is 5.69. The summed E-state index contributed by atoms with van der Waals surface area (Å²) in [5.74, 6) is -0.314. The summed E-state index contributed by atoms with van der Waals surface area (Å²) >= 11 is 0. The van der Waals surface area contributed by atoms with Gasteiger partial charge in [0.15, 0.2) is 11.5 Å². The zero-order valence-electron chi connectivity index (χ0n) is 11.5. The van der Waals surface area contributed by atoms with Gasteiger partial charge in [-0.15, -0.1) is 5.10 Å². The lowest BCUT2D eigenvalue weighted by molar-refractivity contribution is -0.141. The summed E-state index contributed by atoms with van der Waals surface area (Å²) in [5, 5.41) is 23.4. The normalized spacial score (nSPS) is 14.1. The number of nitrogens with zero attached hydrogens (tertiary/aromatic N) is 5. The van der Waals surface area contributed by atoms with Crippen LogP contribution in [0.4, 0.5) is 5.82 Å². The minimum Gasteiger partial charge on any atom is -0.481 e. The molecule has 0 fully saturated rings. The Kier molecular flexibility index (Phi) is 4.44. The van der Waals surface area contributed by atoms with Gasteiger partial charge in [-0.3, -0.25) is 9.78 Å². The number of anilines is 1. The number of fused-ring (bicyclic) bond motifs is 1. The fourth-order valence-corrected chi connectivity index (χ4v) is 1.95. The summed E-state index contributed by atoms with van der Waals surface area (Å²) in [6.45, 7) is 3.76. The molecular formula is C12H18N6O2. The molecule has 20 heavy (non-hydrogen) atoms. The molecule has 2 aromatic heterocycles. The maximum absolute atomic E-state index is 10.7. The van der Waals surface area contributed by atoms with Crippen LogP contribution in [-0.2, 0) is 4.79 Å². The van der Waals surface area contributed by atoms with E-state index in [0.29, 0.717) is 12.1 Å². The first-order chi connectivity index (χ1) is 9.58. The van der Waals surface area contributed by atoms with Crippen LogP contribution in [0.15, 0.2) is 12.4 Å². The van der Waals surface area contributed by atoms with E-state index in [-0.39, 0.29) is 12.0 Å². The largest absolute Gasteiger partial charge is 0.481 e. The minimum atomic E-state index is -0.742. The summed E-state index contributed by atoms with van der Waals surface area (Å²) in [6, 6.07) is 0.188. The van der Waals surface area contributed by atoms with Crippen molar-refractivity contribution in [1.82, 2.24) is 25.0 Å². The van der Waals surface area contributed by atoms with Crippen LogP contribution in [0.25, 0.3) is 5.65 Å². The second-order valence-electron chi connectivity index (χ2n) is 4.96. The highest BCUT2D eigenvalue weighted by Crippen LogP contribution is 2.13. The van der Waals surface area contributed by atoms with E-state index in [9.17, 15) is 4.79 Å². The van der Waals surface area contributed by atoms with Gasteiger partial charge in [-0.1, -0.05) is 13.3 Å². The number of hydrogen-bond donors (Lipinski definition) is 2. The van der Waals surface area contributed by atoms with Crippen molar-refractivity contribution in [3.63, 3.8) is 0 Å². The lowest BCUT2D eigenvalue weighted by Gasteiger charge is -2.15. The molecule has 8 nitrogen and oxygen atoms in total. The van der Waals surface area contributed by atoms with Crippen molar-refractivity contribution in [3.05, 3.63) is 12.4 Å². The Bertz CT molecular complexity index is 584. The van der Waals surface area contributed by atoms with Crippen molar-refractivity contribution in [1.29, 1.82) is 0 Å². The average Bonchev–Trinajstić information content (AvgIpc) is 2.87. The van der Waals surface area contributed by atoms with Gasteiger partial charge in [0.2, 0.25) is 0 Å². The highest BCUT2D eigenvalue weighted by atomic mass is 16.4. The highest BCUT2D eigenvalue weighted by Gasteiger charge is 2.12. The Morgan fingerprint density at radius 3 is 2.95 bits per heavy atom. The number of aromatic nitrogens is 5. The number of aliphatic carboxylic acids is 1. The number of carboxylic acids is 1. The number of rotatable bonds is 7. The zero-order valence-corrected chi connectivity index (χ0v) is 11.5. The monoisotopic (exact) mass is 278 g/mol. The zero-order chi connectivity index (χ0) is 14.5. The maximum Gasteiger partial charge on any atom is 0.306 e. The predicted octanol–water partition coefficient (Wildman–Crippen LogP) is 1.21. The average molecular weight is 278 g/mol. The Labute approximate surface area is 116 Å². The van der Waals surface area contributed by atoms with Crippen molar-refractivity contribution in [2.45, 2.75) is 39.2 Å². The quantitative estimate of drug-likeness (QED) is 0.784. The van der Waals surface area contributed by atoms with E-state index in [1.165, 1.54) is 0 Å². The van der Waals surface area contributed by atoms with E-state index < -0.39 is 5.97 Å². The molecule has 2 aromatic rings. The second-order valence-corrected chi connectivity index (χ2v) is 4.96. The number of hydrogen-bond acceptors (Lipinski definition) is 6. The van der Waals surface area contributed by atoms with Crippen molar-refractivity contribution >= 4 is 17.4 Å². The van der Waals surface area contributed by atoms with E-state index in [0.717, 1.165) is 18.7 Å². The molecule has 0 aliphatic heterocycles. The summed E-state index contributed by atoms with van der Waals surface area (Å²) in [7, 11) is 0. The third-order valence-electron chi connectivity index (χ3n) is 3.20. The Morgan fingerprint density at radius 1 is 1.40 bits per heavy atom. The Balaban J connectivity index is 1.87. The molecule has 0 aliphatic rings. The van der Waals surface area contributed by atoms with Gasteiger partial charge in [0.1, 0.15) is 0 Å². The van der Waals surface area contributed by atoms with Crippen LogP contribution in [-0.4, -0.2) is 42.1 Å². The molecule has 0 radical (unpaired) electrons. The summed E-state index contributed by atoms with van der Waals surface area (Å²) < 4.78 is 1.59. The fraction of sp³-hybridized carbons (Fsp3) is 0.583. The lowest BCUT2D eigenvalue weighted by atomic mass is 10.0. The van der Waals surface area contributed by atoms with Crippen molar-refractivity contribution in [2.75, 3.05) is 5.32 Å². The lowest BCUT2D eigenvalue weighted by Crippen LogP contribution is -2.18. The molecule has 2 N–H and O–H groups in total. The Hall–Kier alpha value is -2.25. The van der Waals surface area contributed by atoms with E-state index in [1.54, 1.807) is 23.8 Å². The van der Waals surface area contributed by atoms with Crippen LogP contribution >= 0.6 is 0 Å². The molecule has 0 saturated carbocycles. The first-order valence-corrected chi connectivity index (χ1v) is 6.59. The second kappa shape index (κ2) is 6.27. The van der Waals surface area contributed by atoms with Crippen LogP contribution in [0.1, 0.15) is 33.1 Å². The van der Waals surface area contributed by atoms with Crippen LogP contribution in [0.2, 0.25) is 0 Å². The molecule has 2 atom stereocenters. The third kappa shape index (κ3) is 3.40. The summed E-state index contributed by atoms with van der Waals surface area (Å²) in [4.78, 5) is 14.8. The van der Waals surface area contributed by atoms with Gasteiger partial charge in [-0.05, 0) is 30.2 Å². The molecular weight excluding hydrogens is 260 g/mol. The van der Waals surface area contributed by atoms with Crippen molar-refractivity contribution < 1.29 is 9.90 Å². The van der Waals surface area contributed by atoms with Crippen molar-refractivity contribution in [3.8, 4) is 0 Å². The molecule has 2 rings (SSSR count). The number of tetrazole rings is 1. The van der Waals surface area contributed by atoms with E-state index >= 15 is 0 Å². The first-order valence-electron chi connectivity index (χ1n) is 6.59. The summed E-state index contributed by atoms with van der Waals surface area (Å²) in [5.41, 5.74) is 0.585. The molecule has 0 aliphatic carbocycles. The van der Waals surface area contributed by atoms with Crippen molar-refractivity contribution in [2.24, 2.45) is 5.92 Å². The van der Waals surface area contributed by atoms with Gasteiger partial charge in [0.25, 0.3) is 0 Å². The van der Waals surface area contributed by atoms with Gasteiger partial charge in [-0.2, -0.15) is 4.52 Å². The Morgan fingerprint density at radius 2 is 2.20 bits per heavy atom.